The third-order valence-electron chi connectivity index (χ3n) is 8.90. The number of hydrogen-bond acceptors (Lipinski definition) is 8. The van der Waals surface area contributed by atoms with Crippen LogP contribution in [0.2, 0.25) is 5.02 Å². The van der Waals surface area contributed by atoms with E-state index in [1.807, 2.05) is 0 Å². The zero-order chi connectivity index (χ0) is 30.0. The second kappa shape index (κ2) is 10.2. The fraction of sp³-hybridized carbons (Fsp3) is 0.250. The quantitative estimate of drug-likeness (QED) is 0.0812. The van der Waals surface area contributed by atoms with Gasteiger partial charge in [-0.25, -0.2) is 4.79 Å². The maximum atomic E-state index is 13.3. The summed E-state index contributed by atoms with van der Waals surface area (Å²) in [6.45, 7) is -0.526. The molecule has 4 aliphatic carbocycles. The number of nitro groups is 1. The molecule has 3 aromatic rings. The molecule has 1 heterocycles. The van der Waals surface area contributed by atoms with E-state index in [0.29, 0.717) is 17.5 Å². The number of carbonyl (C=O) groups is 4. The van der Waals surface area contributed by atoms with Gasteiger partial charge in [0.15, 0.2) is 12.4 Å². The molecular formula is C32H23ClN2O8. The molecular weight excluding hydrogens is 576 g/mol. The predicted molar refractivity (Wildman–Crippen MR) is 153 cm³/mol. The van der Waals surface area contributed by atoms with Crippen LogP contribution < -0.4 is 9.64 Å². The van der Waals surface area contributed by atoms with Crippen LogP contribution in [-0.4, -0.2) is 35.1 Å². The zero-order valence-corrected chi connectivity index (χ0v) is 23.2. The van der Waals surface area contributed by atoms with Crippen molar-refractivity contribution in [1.82, 2.24) is 0 Å². The van der Waals surface area contributed by atoms with E-state index in [4.69, 9.17) is 21.1 Å². The largest absolute Gasteiger partial charge is 0.454 e. The van der Waals surface area contributed by atoms with Gasteiger partial charge in [0.1, 0.15) is 5.75 Å². The number of hydrogen-bond donors (Lipinski definition) is 0. The minimum atomic E-state index is -0.735. The smallest absolute Gasteiger partial charge is 0.338 e. The van der Waals surface area contributed by atoms with E-state index in [-0.39, 0.29) is 68.8 Å². The van der Waals surface area contributed by atoms with Gasteiger partial charge in [0.05, 0.1) is 33.0 Å². The van der Waals surface area contributed by atoms with E-state index in [0.717, 1.165) is 6.42 Å². The number of halogens is 1. The van der Waals surface area contributed by atoms with Crippen LogP contribution in [0, 0.1) is 45.6 Å². The Morgan fingerprint density at radius 3 is 2.09 bits per heavy atom. The first-order valence-electron chi connectivity index (χ1n) is 13.8. The van der Waals surface area contributed by atoms with Crippen LogP contribution in [0.5, 0.6) is 11.5 Å². The van der Waals surface area contributed by atoms with Crippen molar-refractivity contribution in [2.75, 3.05) is 11.5 Å². The Balaban J connectivity index is 0.967. The molecule has 2 amide bonds. The second-order valence-electron chi connectivity index (χ2n) is 11.2. The highest BCUT2D eigenvalue weighted by molar-refractivity contribution is 6.32. The van der Waals surface area contributed by atoms with Crippen molar-refractivity contribution in [1.29, 1.82) is 0 Å². The van der Waals surface area contributed by atoms with E-state index >= 15 is 0 Å². The van der Waals surface area contributed by atoms with E-state index in [9.17, 15) is 29.3 Å². The normalized spacial score (nSPS) is 26.1. The molecule has 2 bridgehead atoms. The standard InChI is InChI=1S/C32H23ClN2O8/c33-24-2-1-3-25(35(40)41)29(24)43-19-10-6-16(7-11-19)26(36)15-42-32(39)17-4-8-18(9-5-17)34-30(37)27-20-12-13-21(23-14-22(20)23)28(27)31(34)38/h1-13,20-23,27-28H,14-15H2/t20-,21+,22-,23-,27+,28-/m1/s1. The van der Waals surface area contributed by atoms with Crippen molar-refractivity contribution in [3.63, 3.8) is 0 Å². The number of Topliss-reactive ketones (excluding diaryl/α,β-unsaturated/α-hetero) is 1. The number of ether oxygens (including phenoxy) is 2. The number of rotatable bonds is 8. The summed E-state index contributed by atoms with van der Waals surface area (Å²) in [5.41, 5.74) is 0.512. The van der Waals surface area contributed by atoms with Gasteiger partial charge in [-0.1, -0.05) is 29.8 Å². The lowest BCUT2D eigenvalue weighted by molar-refractivity contribution is -0.385. The maximum absolute atomic E-state index is 13.3. The third kappa shape index (κ3) is 4.49. The number of anilines is 1. The number of para-hydroxylation sites is 1. The molecule has 11 heteroatoms. The van der Waals surface area contributed by atoms with Crippen LogP contribution in [0.1, 0.15) is 27.1 Å². The van der Waals surface area contributed by atoms with E-state index in [2.05, 4.69) is 12.2 Å². The SMILES string of the molecule is O=C(COC(=O)c1ccc(N2C(=O)[C@@H]3[C@H]4C=C[C@H]([C@H]5C[C@H]45)[C@@H]3C2=O)cc1)c1ccc(Oc2c(Cl)cccc2[N+](=O)[O-])cc1. The number of allylic oxidation sites excluding steroid dienone is 2. The van der Waals surface area contributed by atoms with Crippen molar-refractivity contribution in [2.24, 2.45) is 35.5 Å². The maximum Gasteiger partial charge on any atom is 0.338 e. The number of imide groups is 1. The van der Waals surface area contributed by atoms with Gasteiger partial charge in [-0.15, -0.1) is 0 Å². The first kappa shape index (κ1) is 27.0. The highest BCUT2D eigenvalue weighted by Crippen LogP contribution is 2.65. The second-order valence-corrected chi connectivity index (χ2v) is 11.6. The molecule has 0 unspecified atom stereocenters. The van der Waals surface area contributed by atoms with Gasteiger partial charge in [-0.3, -0.25) is 29.4 Å². The molecule has 5 aliphatic rings. The summed E-state index contributed by atoms with van der Waals surface area (Å²) in [5, 5.41) is 11.3. The van der Waals surface area contributed by atoms with Gasteiger partial charge < -0.3 is 9.47 Å². The molecule has 43 heavy (non-hydrogen) atoms. The summed E-state index contributed by atoms with van der Waals surface area (Å²) in [6, 6.07) is 16.0. The van der Waals surface area contributed by atoms with Crippen molar-refractivity contribution in [3.8, 4) is 11.5 Å². The van der Waals surface area contributed by atoms with Crippen LogP contribution in [0.4, 0.5) is 11.4 Å². The summed E-state index contributed by atoms with van der Waals surface area (Å²) in [4.78, 5) is 63.8. The lowest BCUT2D eigenvalue weighted by atomic mass is 9.63. The van der Waals surface area contributed by atoms with Crippen LogP contribution in [0.25, 0.3) is 0 Å². The van der Waals surface area contributed by atoms with Crippen LogP contribution in [-0.2, 0) is 14.3 Å². The summed E-state index contributed by atoms with van der Waals surface area (Å²) in [7, 11) is 0. The molecule has 0 aromatic heterocycles. The van der Waals surface area contributed by atoms with E-state index < -0.39 is 23.3 Å². The minimum Gasteiger partial charge on any atom is -0.454 e. The molecule has 0 spiro atoms. The average Bonchev–Trinajstić information content (AvgIpc) is 3.79. The number of ketones is 1. The fourth-order valence-electron chi connectivity index (χ4n) is 6.82. The van der Waals surface area contributed by atoms with Gasteiger partial charge in [-0.2, -0.15) is 0 Å². The molecule has 8 rings (SSSR count). The van der Waals surface area contributed by atoms with Gasteiger partial charge >= 0.3 is 11.7 Å². The molecule has 0 radical (unpaired) electrons. The van der Waals surface area contributed by atoms with E-state index in [1.54, 1.807) is 12.1 Å². The molecule has 2 saturated carbocycles. The third-order valence-corrected chi connectivity index (χ3v) is 9.20. The Hall–Kier alpha value is -4.83. The average molecular weight is 599 g/mol. The summed E-state index contributed by atoms with van der Waals surface area (Å²) >= 11 is 6.06. The highest BCUT2D eigenvalue weighted by atomic mass is 35.5. The van der Waals surface area contributed by atoms with Crippen LogP contribution in [0.3, 0.4) is 0 Å². The van der Waals surface area contributed by atoms with Crippen LogP contribution >= 0.6 is 11.6 Å². The fourth-order valence-corrected chi connectivity index (χ4v) is 7.03. The summed E-state index contributed by atoms with van der Waals surface area (Å²) < 4.78 is 10.8. The van der Waals surface area contributed by atoms with Crippen LogP contribution in [0.15, 0.2) is 78.9 Å². The monoisotopic (exact) mass is 598 g/mol. The number of esters is 1. The van der Waals surface area contributed by atoms with Crippen molar-refractivity contribution in [2.45, 2.75) is 6.42 Å². The Kier molecular flexibility index (Phi) is 6.39. The van der Waals surface area contributed by atoms with Gasteiger partial charge in [0, 0.05) is 11.6 Å². The lowest BCUT2D eigenvalue weighted by Gasteiger charge is -2.37. The summed E-state index contributed by atoms with van der Waals surface area (Å²) in [6.07, 6.45) is 5.32. The summed E-state index contributed by atoms with van der Waals surface area (Å²) in [5.74, 6) is -0.809. The first-order valence-corrected chi connectivity index (χ1v) is 14.2. The Labute approximate surface area is 250 Å². The van der Waals surface area contributed by atoms with Crippen molar-refractivity contribution >= 4 is 46.5 Å². The molecule has 3 fully saturated rings. The molecule has 3 aromatic carbocycles. The number of nitrogens with zero attached hydrogens (tertiary/aromatic N) is 2. The molecule has 216 valence electrons. The molecule has 0 N–H and O–H groups in total. The number of benzene rings is 3. The Bertz CT molecular complexity index is 1700. The predicted octanol–water partition coefficient (Wildman–Crippen LogP) is 5.64. The molecule has 10 nitrogen and oxygen atoms in total. The van der Waals surface area contributed by atoms with Gasteiger partial charge in [-0.05, 0) is 84.7 Å². The number of amides is 2. The zero-order valence-electron chi connectivity index (χ0n) is 22.4. The Morgan fingerprint density at radius 2 is 1.49 bits per heavy atom. The number of nitro benzene ring substituents is 1. The van der Waals surface area contributed by atoms with Gasteiger partial charge in [0.2, 0.25) is 17.6 Å². The van der Waals surface area contributed by atoms with Gasteiger partial charge in [0.25, 0.3) is 0 Å². The van der Waals surface area contributed by atoms with Crippen molar-refractivity contribution < 1.29 is 33.6 Å². The minimum absolute atomic E-state index is 0.0615. The van der Waals surface area contributed by atoms with Crippen molar-refractivity contribution in [3.05, 3.63) is 105 Å². The van der Waals surface area contributed by atoms with E-state index in [1.165, 1.54) is 59.5 Å². The lowest BCUT2D eigenvalue weighted by Crippen LogP contribution is -2.40. The molecule has 1 aliphatic heterocycles. The molecule has 1 saturated heterocycles. The molecule has 6 atom stereocenters. The topological polar surface area (TPSA) is 133 Å². The Morgan fingerprint density at radius 1 is 0.884 bits per heavy atom. The highest BCUT2D eigenvalue weighted by Gasteiger charge is 2.67. The number of carbonyl (C=O) groups excluding carboxylic acids is 4. The first-order chi connectivity index (χ1) is 20.7.